The summed E-state index contributed by atoms with van der Waals surface area (Å²) in [6, 6.07) is 8.23. The van der Waals surface area contributed by atoms with Crippen molar-refractivity contribution >= 4 is 35.1 Å². The fourth-order valence-corrected chi connectivity index (χ4v) is 2.54. The van der Waals surface area contributed by atoms with Gasteiger partial charge < -0.3 is 5.32 Å². The van der Waals surface area contributed by atoms with Crippen LogP contribution in [-0.4, -0.2) is 25.8 Å². The van der Waals surface area contributed by atoms with E-state index in [1.165, 1.54) is 9.41 Å². The highest BCUT2D eigenvalue weighted by Gasteiger charge is 2.11. The van der Waals surface area contributed by atoms with Gasteiger partial charge in [-0.25, -0.2) is 4.98 Å². The number of thioether (sulfide) groups is 1. The lowest BCUT2D eigenvalue weighted by atomic mass is 10.2. The summed E-state index contributed by atoms with van der Waals surface area (Å²) in [4.78, 5) is 21.6. The number of aromatic nitrogens is 4. The first-order valence-electron chi connectivity index (χ1n) is 6.60. The normalized spacial score (nSPS) is 11.0. The van der Waals surface area contributed by atoms with Crippen molar-refractivity contribution in [2.75, 3.05) is 11.6 Å². The minimum Gasteiger partial charge on any atom is -0.351 e. The maximum atomic E-state index is 12.0. The van der Waals surface area contributed by atoms with E-state index in [1.54, 1.807) is 18.7 Å². The Morgan fingerprint density at radius 2 is 2.05 bits per heavy atom. The molecule has 0 aliphatic carbocycles. The Labute approximate surface area is 135 Å². The standard InChI is InChI=1S/C14H14ClN5OS/c1-8-11(15)12(21)20-14(17-8)18-13(19-20)16-7-9-3-5-10(22-2)6-4-9/h3-6H,7H2,1-2H3,(H2,16,17,18,19). The second kappa shape index (κ2) is 6.02. The first kappa shape index (κ1) is 14.9. The molecule has 2 heterocycles. The third-order valence-corrected chi connectivity index (χ3v) is 4.40. The monoisotopic (exact) mass is 335 g/mol. The van der Waals surface area contributed by atoms with E-state index in [4.69, 9.17) is 11.6 Å². The molecule has 0 saturated carbocycles. The van der Waals surface area contributed by atoms with Crippen LogP contribution in [0.4, 0.5) is 5.95 Å². The van der Waals surface area contributed by atoms with E-state index in [0.717, 1.165) is 5.56 Å². The van der Waals surface area contributed by atoms with Gasteiger partial charge in [0.25, 0.3) is 11.3 Å². The van der Waals surface area contributed by atoms with Crippen LogP contribution < -0.4 is 10.9 Å². The summed E-state index contributed by atoms with van der Waals surface area (Å²) < 4.78 is 1.23. The molecule has 0 aliphatic heterocycles. The maximum Gasteiger partial charge on any atom is 0.293 e. The van der Waals surface area contributed by atoms with Gasteiger partial charge in [-0.1, -0.05) is 23.7 Å². The van der Waals surface area contributed by atoms with Crippen molar-refractivity contribution in [2.24, 2.45) is 0 Å². The molecule has 3 rings (SSSR count). The molecular weight excluding hydrogens is 322 g/mol. The van der Waals surface area contributed by atoms with Gasteiger partial charge in [0.05, 0.1) is 5.69 Å². The molecule has 0 spiro atoms. The molecule has 0 unspecified atom stereocenters. The minimum atomic E-state index is -0.353. The topological polar surface area (TPSA) is 75.1 Å². The smallest absolute Gasteiger partial charge is 0.293 e. The van der Waals surface area contributed by atoms with Crippen LogP contribution in [0.25, 0.3) is 5.78 Å². The summed E-state index contributed by atoms with van der Waals surface area (Å²) in [6.07, 6.45) is 2.04. The van der Waals surface area contributed by atoms with E-state index in [1.807, 2.05) is 18.4 Å². The van der Waals surface area contributed by atoms with Crippen LogP contribution in [0.3, 0.4) is 0 Å². The van der Waals surface area contributed by atoms with Gasteiger partial charge in [0.15, 0.2) is 0 Å². The molecule has 6 nitrogen and oxygen atoms in total. The number of nitrogens with zero attached hydrogens (tertiary/aromatic N) is 3. The molecule has 22 heavy (non-hydrogen) atoms. The van der Waals surface area contributed by atoms with Crippen molar-refractivity contribution in [2.45, 2.75) is 18.4 Å². The van der Waals surface area contributed by atoms with Gasteiger partial charge in [-0.15, -0.1) is 11.8 Å². The summed E-state index contributed by atoms with van der Waals surface area (Å²) >= 11 is 7.60. The number of nitrogens with one attached hydrogen (secondary N) is 2. The van der Waals surface area contributed by atoms with Gasteiger partial charge in [0.2, 0.25) is 5.95 Å². The number of aryl methyl sites for hydroxylation is 1. The highest BCUT2D eigenvalue weighted by atomic mass is 35.5. The molecule has 0 radical (unpaired) electrons. The lowest BCUT2D eigenvalue weighted by Crippen LogP contribution is -2.17. The zero-order valence-corrected chi connectivity index (χ0v) is 13.6. The van der Waals surface area contributed by atoms with Crippen molar-refractivity contribution < 1.29 is 0 Å². The van der Waals surface area contributed by atoms with E-state index in [9.17, 15) is 4.79 Å². The lowest BCUT2D eigenvalue weighted by Gasteiger charge is -2.03. The van der Waals surface area contributed by atoms with Gasteiger partial charge in [-0.05, 0) is 30.9 Å². The summed E-state index contributed by atoms with van der Waals surface area (Å²) in [6.45, 7) is 2.27. The third kappa shape index (κ3) is 2.82. The third-order valence-electron chi connectivity index (χ3n) is 3.22. The number of aromatic amines is 1. The molecule has 3 aromatic rings. The van der Waals surface area contributed by atoms with E-state index < -0.39 is 0 Å². The van der Waals surface area contributed by atoms with Gasteiger partial charge in [0.1, 0.15) is 5.02 Å². The number of H-pyrrole nitrogens is 1. The SMILES string of the molecule is CSc1ccc(CNc2nc3nc(C)c(Cl)c(=O)n3[nH]2)cc1. The van der Waals surface area contributed by atoms with Crippen molar-refractivity contribution in [3.63, 3.8) is 0 Å². The zero-order valence-electron chi connectivity index (χ0n) is 12.1. The maximum absolute atomic E-state index is 12.0. The predicted molar refractivity (Wildman–Crippen MR) is 88.9 cm³/mol. The van der Waals surface area contributed by atoms with Crippen LogP contribution >= 0.6 is 23.4 Å². The Balaban J connectivity index is 1.82. The Kier molecular flexibility index (Phi) is 4.08. The minimum absolute atomic E-state index is 0.0976. The number of hydrogen-bond acceptors (Lipinski definition) is 5. The number of fused-ring (bicyclic) bond motifs is 1. The molecule has 0 bridgehead atoms. The van der Waals surface area contributed by atoms with Gasteiger partial charge in [-0.2, -0.15) is 9.50 Å². The molecule has 114 valence electrons. The molecule has 8 heteroatoms. The molecule has 0 amide bonds. The van der Waals surface area contributed by atoms with Crippen molar-refractivity contribution in [3.8, 4) is 0 Å². The van der Waals surface area contributed by atoms with Gasteiger partial charge in [-0.3, -0.25) is 9.89 Å². The lowest BCUT2D eigenvalue weighted by molar-refractivity contribution is 0.886. The molecule has 0 saturated heterocycles. The number of anilines is 1. The summed E-state index contributed by atoms with van der Waals surface area (Å²) in [5, 5.41) is 6.09. The van der Waals surface area contributed by atoms with E-state index in [0.29, 0.717) is 24.0 Å². The molecule has 0 fully saturated rings. The van der Waals surface area contributed by atoms with Gasteiger partial charge >= 0.3 is 0 Å². The predicted octanol–water partition coefficient (Wildman–Crippen LogP) is 2.71. The molecule has 0 atom stereocenters. The first-order valence-corrected chi connectivity index (χ1v) is 8.20. The van der Waals surface area contributed by atoms with Crippen LogP contribution in [0, 0.1) is 6.92 Å². The molecule has 0 aliphatic rings. The van der Waals surface area contributed by atoms with Crippen LogP contribution in [0.1, 0.15) is 11.3 Å². The highest BCUT2D eigenvalue weighted by Crippen LogP contribution is 2.15. The summed E-state index contributed by atoms with van der Waals surface area (Å²) in [5.74, 6) is 0.771. The number of hydrogen-bond donors (Lipinski definition) is 2. The van der Waals surface area contributed by atoms with Crippen LogP contribution in [0.5, 0.6) is 0 Å². The molecule has 2 N–H and O–H groups in total. The Morgan fingerprint density at radius 1 is 1.32 bits per heavy atom. The number of rotatable bonds is 4. The Hall–Kier alpha value is -1.99. The molecular formula is C14H14ClN5OS. The fourth-order valence-electron chi connectivity index (χ4n) is 2.01. The van der Waals surface area contributed by atoms with Crippen molar-refractivity contribution in [1.29, 1.82) is 0 Å². The van der Waals surface area contributed by atoms with E-state index >= 15 is 0 Å². The van der Waals surface area contributed by atoms with Gasteiger partial charge in [0, 0.05) is 11.4 Å². The molecule has 1 aromatic carbocycles. The number of halogens is 1. The quantitative estimate of drug-likeness (QED) is 0.717. The van der Waals surface area contributed by atoms with Crippen molar-refractivity contribution in [3.05, 3.63) is 50.9 Å². The molecule has 2 aromatic heterocycles. The fraction of sp³-hybridized carbons (Fsp3) is 0.214. The Bertz CT molecular complexity index is 871. The van der Waals surface area contributed by atoms with Crippen molar-refractivity contribution in [1.82, 2.24) is 19.6 Å². The first-order chi connectivity index (χ1) is 10.6. The second-order valence-electron chi connectivity index (χ2n) is 4.73. The van der Waals surface area contributed by atoms with Crippen LogP contribution in [0.2, 0.25) is 5.02 Å². The highest BCUT2D eigenvalue weighted by molar-refractivity contribution is 7.98. The average Bonchev–Trinajstić information content (AvgIpc) is 2.94. The summed E-state index contributed by atoms with van der Waals surface area (Å²) in [5.41, 5.74) is 1.24. The average molecular weight is 336 g/mol. The second-order valence-corrected chi connectivity index (χ2v) is 5.98. The Morgan fingerprint density at radius 3 is 2.73 bits per heavy atom. The van der Waals surface area contributed by atoms with Crippen LogP contribution in [0.15, 0.2) is 34.0 Å². The zero-order chi connectivity index (χ0) is 15.7. The van der Waals surface area contributed by atoms with E-state index in [2.05, 4.69) is 32.5 Å². The summed E-state index contributed by atoms with van der Waals surface area (Å²) in [7, 11) is 0. The van der Waals surface area contributed by atoms with E-state index in [-0.39, 0.29) is 10.6 Å². The van der Waals surface area contributed by atoms with Crippen LogP contribution in [-0.2, 0) is 6.54 Å². The number of benzene rings is 1. The largest absolute Gasteiger partial charge is 0.351 e.